The summed E-state index contributed by atoms with van der Waals surface area (Å²) in [7, 11) is -0.722. The maximum atomic E-state index is 11.0. The molecule has 1 fully saturated rings. The fourth-order valence-corrected chi connectivity index (χ4v) is 1.86. The summed E-state index contributed by atoms with van der Waals surface area (Å²) in [6, 6.07) is 2.83. The van der Waals surface area contributed by atoms with E-state index in [1.165, 1.54) is 12.1 Å². The summed E-state index contributed by atoms with van der Waals surface area (Å²) in [6.45, 7) is 7.58. The second-order valence-electron chi connectivity index (χ2n) is 5.72. The van der Waals surface area contributed by atoms with Crippen LogP contribution in [0.1, 0.15) is 48.7 Å². The fourth-order valence-electron chi connectivity index (χ4n) is 1.86. The van der Waals surface area contributed by atoms with Crippen LogP contribution in [-0.4, -0.2) is 40.7 Å². The Bertz CT molecular complexity index is 554. The van der Waals surface area contributed by atoms with E-state index in [1.807, 2.05) is 27.7 Å². The Morgan fingerprint density at radius 1 is 1.25 bits per heavy atom. The fraction of sp³-hybridized carbons (Fsp3) is 0.462. The molecule has 20 heavy (non-hydrogen) atoms. The molecule has 0 aliphatic carbocycles. The summed E-state index contributed by atoms with van der Waals surface area (Å²) in [5.41, 5.74) is -0.774. The molecule has 1 saturated heterocycles. The average molecular weight is 277 g/mol. The van der Waals surface area contributed by atoms with Gasteiger partial charge in [0.1, 0.15) is 11.4 Å². The topological polar surface area (TPSA) is 85.7 Å². The standard InChI is InChI=1S/C13H16BNO5/c1-12(2)13(3,4)20-14(19-12)8-5-9(7-16)15-10(6-8)11(17)18/h5-7H,1-4H3,(H,17,18). The van der Waals surface area contributed by atoms with Crippen LogP contribution in [0.4, 0.5) is 0 Å². The quantitative estimate of drug-likeness (QED) is 0.652. The minimum atomic E-state index is -1.20. The number of rotatable bonds is 3. The first-order chi connectivity index (χ1) is 9.16. The molecule has 1 aromatic rings. The first kappa shape index (κ1) is 14.7. The minimum Gasteiger partial charge on any atom is -0.477 e. The average Bonchev–Trinajstić information content (AvgIpc) is 2.58. The van der Waals surface area contributed by atoms with Crippen LogP contribution in [0.15, 0.2) is 12.1 Å². The number of aldehydes is 1. The van der Waals surface area contributed by atoms with Crippen molar-refractivity contribution in [2.24, 2.45) is 0 Å². The predicted molar refractivity (Wildman–Crippen MR) is 72.3 cm³/mol. The van der Waals surface area contributed by atoms with Crippen molar-refractivity contribution < 1.29 is 24.0 Å². The molecule has 0 spiro atoms. The first-order valence-corrected chi connectivity index (χ1v) is 6.22. The van der Waals surface area contributed by atoms with Crippen molar-refractivity contribution in [3.8, 4) is 0 Å². The highest BCUT2D eigenvalue weighted by molar-refractivity contribution is 6.62. The summed E-state index contributed by atoms with van der Waals surface area (Å²) < 4.78 is 11.7. The van der Waals surface area contributed by atoms with Gasteiger partial charge in [-0.3, -0.25) is 4.79 Å². The predicted octanol–water partition coefficient (Wildman–Crippen LogP) is 0.891. The Hall–Kier alpha value is -1.73. The van der Waals surface area contributed by atoms with Crippen molar-refractivity contribution in [1.29, 1.82) is 0 Å². The molecule has 1 aliphatic rings. The van der Waals surface area contributed by atoms with E-state index in [0.29, 0.717) is 11.7 Å². The van der Waals surface area contributed by atoms with Crippen LogP contribution in [0.25, 0.3) is 0 Å². The van der Waals surface area contributed by atoms with Crippen molar-refractivity contribution in [2.75, 3.05) is 0 Å². The van der Waals surface area contributed by atoms with E-state index >= 15 is 0 Å². The lowest BCUT2D eigenvalue weighted by Crippen LogP contribution is -2.41. The van der Waals surface area contributed by atoms with Gasteiger partial charge in [-0.2, -0.15) is 0 Å². The monoisotopic (exact) mass is 277 g/mol. The van der Waals surface area contributed by atoms with E-state index in [-0.39, 0.29) is 11.4 Å². The molecule has 0 bridgehead atoms. The van der Waals surface area contributed by atoms with Crippen LogP contribution in [-0.2, 0) is 9.31 Å². The van der Waals surface area contributed by atoms with Crippen molar-refractivity contribution >= 4 is 24.8 Å². The molecule has 1 aromatic heterocycles. The lowest BCUT2D eigenvalue weighted by Gasteiger charge is -2.32. The van der Waals surface area contributed by atoms with Gasteiger partial charge in [0.05, 0.1) is 11.2 Å². The van der Waals surface area contributed by atoms with E-state index in [2.05, 4.69) is 4.98 Å². The molecule has 1 N–H and O–H groups in total. The van der Waals surface area contributed by atoms with Crippen LogP contribution < -0.4 is 5.46 Å². The van der Waals surface area contributed by atoms with E-state index in [4.69, 9.17) is 14.4 Å². The Balaban J connectivity index is 2.42. The smallest absolute Gasteiger partial charge is 0.477 e. The summed E-state index contributed by atoms with van der Waals surface area (Å²) in [5.74, 6) is -1.20. The zero-order valence-corrected chi connectivity index (χ0v) is 11.8. The summed E-state index contributed by atoms with van der Waals surface area (Å²) in [4.78, 5) is 25.6. The van der Waals surface area contributed by atoms with Crippen LogP contribution in [0, 0.1) is 0 Å². The van der Waals surface area contributed by atoms with Crippen molar-refractivity contribution in [3.05, 3.63) is 23.5 Å². The van der Waals surface area contributed by atoms with Gasteiger partial charge in [-0.15, -0.1) is 0 Å². The second kappa shape index (κ2) is 4.68. The van der Waals surface area contributed by atoms with Gasteiger partial charge < -0.3 is 14.4 Å². The first-order valence-electron chi connectivity index (χ1n) is 6.22. The highest BCUT2D eigenvalue weighted by Gasteiger charge is 2.51. The van der Waals surface area contributed by atoms with E-state index in [0.717, 1.165) is 0 Å². The second-order valence-corrected chi connectivity index (χ2v) is 5.72. The molecule has 2 heterocycles. The molecular weight excluding hydrogens is 261 g/mol. The van der Waals surface area contributed by atoms with Gasteiger partial charge in [0, 0.05) is 0 Å². The third-order valence-corrected chi connectivity index (χ3v) is 3.73. The van der Waals surface area contributed by atoms with Crippen LogP contribution in [0.3, 0.4) is 0 Å². The molecule has 0 radical (unpaired) electrons. The summed E-state index contributed by atoms with van der Waals surface area (Å²) in [6.07, 6.45) is 0.501. The Labute approximate surface area is 117 Å². The Kier molecular flexibility index (Phi) is 3.43. The molecule has 2 rings (SSSR count). The normalized spacial score (nSPS) is 19.9. The number of hydrogen-bond donors (Lipinski definition) is 1. The number of carbonyl (C=O) groups is 2. The summed E-state index contributed by atoms with van der Waals surface area (Å²) >= 11 is 0. The zero-order valence-electron chi connectivity index (χ0n) is 11.8. The van der Waals surface area contributed by atoms with Gasteiger partial charge in [-0.1, -0.05) is 0 Å². The number of carbonyl (C=O) groups excluding carboxylic acids is 1. The molecule has 1 aliphatic heterocycles. The summed E-state index contributed by atoms with van der Waals surface area (Å²) in [5, 5.41) is 9.02. The maximum absolute atomic E-state index is 11.0. The number of aromatic nitrogens is 1. The highest BCUT2D eigenvalue weighted by Crippen LogP contribution is 2.36. The van der Waals surface area contributed by atoms with Gasteiger partial charge >= 0.3 is 13.1 Å². The molecule has 6 nitrogen and oxygen atoms in total. The minimum absolute atomic E-state index is 0.0367. The van der Waals surface area contributed by atoms with Crippen LogP contribution in [0.5, 0.6) is 0 Å². The van der Waals surface area contributed by atoms with E-state index < -0.39 is 24.3 Å². The third kappa shape index (κ3) is 2.46. The van der Waals surface area contributed by atoms with Gasteiger partial charge in [-0.05, 0) is 45.3 Å². The molecular formula is C13H16BNO5. The third-order valence-electron chi connectivity index (χ3n) is 3.73. The van der Waals surface area contributed by atoms with Crippen LogP contribution in [0.2, 0.25) is 0 Å². The van der Waals surface area contributed by atoms with Gasteiger partial charge in [-0.25, -0.2) is 9.78 Å². The van der Waals surface area contributed by atoms with Gasteiger partial charge in [0.25, 0.3) is 0 Å². The Morgan fingerprint density at radius 3 is 2.25 bits per heavy atom. The number of carboxylic acid groups (broad SMARTS) is 1. The van der Waals surface area contributed by atoms with Crippen molar-refractivity contribution in [2.45, 2.75) is 38.9 Å². The van der Waals surface area contributed by atoms with Crippen LogP contribution >= 0.6 is 0 Å². The number of aromatic carboxylic acids is 1. The lowest BCUT2D eigenvalue weighted by molar-refractivity contribution is 0.00578. The molecule has 0 saturated carbocycles. The Morgan fingerprint density at radius 2 is 1.80 bits per heavy atom. The van der Waals surface area contributed by atoms with Crippen molar-refractivity contribution in [3.63, 3.8) is 0 Å². The number of hydrogen-bond acceptors (Lipinski definition) is 5. The van der Waals surface area contributed by atoms with E-state index in [1.54, 1.807) is 0 Å². The van der Waals surface area contributed by atoms with E-state index in [9.17, 15) is 9.59 Å². The molecule has 0 atom stereocenters. The SMILES string of the molecule is CC1(C)OB(c2cc(C=O)nc(C(=O)O)c2)OC1(C)C. The van der Waals surface area contributed by atoms with Gasteiger partial charge in [0.15, 0.2) is 6.29 Å². The maximum Gasteiger partial charge on any atom is 0.494 e. The molecule has 0 amide bonds. The molecule has 0 unspecified atom stereocenters. The number of nitrogens with zero attached hydrogens (tertiary/aromatic N) is 1. The number of carboxylic acids is 1. The largest absolute Gasteiger partial charge is 0.494 e. The number of pyridine rings is 1. The van der Waals surface area contributed by atoms with Gasteiger partial charge in [0.2, 0.25) is 0 Å². The van der Waals surface area contributed by atoms with Crippen molar-refractivity contribution in [1.82, 2.24) is 4.98 Å². The molecule has 7 heteroatoms. The lowest BCUT2D eigenvalue weighted by atomic mass is 9.79. The zero-order chi connectivity index (χ0) is 15.1. The molecule has 0 aromatic carbocycles. The molecule has 106 valence electrons. The highest BCUT2D eigenvalue weighted by atomic mass is 16.7.